The lowest BCUT2D eigenvalue weighted by atomic mass is 10.3. The average Bonchev–Trinajstić information content (AvgIpc) is 2.17. The molecular formula is C10H18N2O2. The van der Waals surface area contributed by atoms with Crippen LogP contribution in [0.25, 0.3) is 0 Å². The first kappa shape index (κ1) is 12.9. The molecule has 0 fully saturated rings. The number of hydrogen-bond acceptors (Lipinski definition) is 3. The minimum atomic E-state index is -0.207. The third-order valence-corrected chi connectivity index (χ3v) is 1.67. The number of amides is 1. The van der Waals surface area contributed by atoms with Crippen molar-refractivity contribution in [1.82, 2.24) is 5.32 Å². The van der Waals surface area contributed by atoms with Gasteiger partial charge in [-0.3, -0.25) is 4.79 Å². The number of ether oxygens (including phenoxy) is 1. The van der Waals surface area contributed by atoms with Crippen molar-refractivity contribution in [1.29, 1.82) is 5.26 Å². The number of rotatable bonds is 8. The highest BCUT2D eigenvalue weighted by molar-refractivity contribution is 5.77. The molecule has 0 radical (unpaired) electrons. The van der Waals surface area contributed by atoms with Crippen molar-refractivity contribution in [3.8, 4) is 6.07 Å². The highest BCUT2D eigenvalue weighted by Crippen LogP contribution is 1.89. The maximum atomic E-state index is 10.8. The number of carbonyl (C=O) groups excluding carboxylic acids is 1. The summed E-state index contributed by atoms with van der Waals surface area (Å²) in [7, 11) is 0. The van der Waals surface area contributed by atoms with Gasteiger partial charge < -0.3 is 10.1 Å². The Labute approximate surface area is 85.2 Å². The first-order valence-electron chi connectivity index (χ1n) is 5.02. The maximum absolute atomic E-state index is 10.8. The second-order valence-electron chi connectivity index (χ2n) is 3.00. The van der Waals surface area contributed by atoms with Gasteiger partial charge in [0.1, 0.15) is 6.42 Å². The van der Waals surface area contributed by atoms with Crippen molar-refractivity contribution in [3.05, 3.63) is 0 Å². The molecule has 0 bridgehead atoms. The summed E-state index contributed by atoms with van der Waals surface area (Å²) < 4.78 is 5.30. The first-order chi connectivity index (χ1) is 6.81. The van der Waals surface area contributed by atoms with Crippen molar-refractivity contribution in [3.63, 3.8) is 0 Å². The van der Waals surface area contributed by atoms with Crippen LogP contribution in [0, 0.1) is 11.3 Å². The van der Waals surface area contributed by atoms with Crippen molar-refractivity contribution in [2.45, 2.75) is 32.6 Å². The molecule has 80 valence electrons. The van der Waals surface area contributed by atoms with E-state index in [1.165, 1.54) is 0 Å². The fourth-order valence-electron chi connectivity index (χ4n) is 0.885. The summed E-state index contributed by atoms with van der Waals surface area (Å²) in [6.45, 7) is 4.17. The van der Waals surface area contributed by atoms with Gasteiger partial charge in [-0.05, 0) is 12.8 Å². The molecule has 0 rings (SSSR count). The topological polar surface area (TPSA) is 62.1 Å². The molecule has 0 aromatic heterocycles. The molecule has 0 aliphatic rings. The predicted octanol–water partition coefficient (Wildman–Crippen LogP) is 1.22. The van der Waals surface area contributed by atoms with Crippen LogP contribution in [-0.2, 0) is 9.53 Å². The Morgan fingerprint density at radius 3 is 2.79 bits per heavy atom. The smallest absolute Gasteiger partial charge is 0.234 e. The van der Waals surface area contributed by atoms with Gasteiger partial charge in [0.25, 0.3) is 0 Å². The molecule has 1 N–H and O–H groups in total. The molecule has 0 atom stereocenters. The molecule has 1 amide bonds. The van der Waals surface area contributed by atoms with Crippen LogP contribution in [0.1, 0.15) is 32.6 Å². The van der Waals surface area contributed by atoms with Gasteiger partial charge in [0.15, 0.2) is 0 Å². The Hall–Kier alpha value is -1.08. The molecular weight excluding hydrogens is 180 g/mol. The third-order valence-electron chi connectivity index (χ3n) is 1.67. The summed E-state index contributed by atoms with van der Waals surface area (Å²) in [5, 5.41) is 10.8. The molecule has 0 aromatic carbocycles. The van der Waals surface area contributed by atoms with E-state index in [0.717, 1.165) is 25.9 Å². The van der Waals surface area contributed by atoms with Gasteiger partial charge in [-0.15, -0.1) is 0 Å². The standard InChI is InChI=1S/C10H18N2O2/c1-2-3-8-14-9-4-7-12-10(13)5-6-11/h2-5,7-9H2,1H3,(H,12,13). The lowest BCUT2D eigenvalue weighted by Crippen LogP contribution is -2.24. The number of hydrogen-bond donors (Lipinski definition) is 1. The normalized spacial score (nSPS) is 9.43. The highest BCUT2D eigenvalue weighted by Gasteiger charge is 1.97. The molecule has 0 aromatic rings. The van der Waals surface area contributed by atoms with Gasteiger partial charge in [0.05, 0.1) is 6.07 Å². The molecule has 0 spiro atoms. The van der Waals surface area contributed by atoms with Crippen molar-refractivity contribution in [2.75, 3.05) is 19.8 Å². The molecule has 0 saturated heterocycles. The van der Waals surface area contributed by atoms with E-state index >= 15 is 0 Å². The lowest BCUT2D eigenvalue weighted by Gasteiger charge is -2.03. The Morgan fingerprint density at radius 1 is 1.43 bits per heavy atom. The van der Waals surface area contributed by atoms with E-state index in [2.05, 4.69) is 12.2 Å². The summed E-state index contributed by atoms with van der Waals surface area (Å²) in [5.41, 5.74) is 0. The molecule has 0 aliphatic heterocycles. The van der Waals surface area contributed by atoms with Gasteiger partial charge >= 0.3 is 0 Å². The van der Waals surface area contributed by atoms with E-state index in [0.29, 0.717) is 13.2 Å². The number of nitrogens with zero attached hydrogens (tertiary/aromatic N) is 1. The van der Waals surface area contributed by atoms with Crippen molar-refractivity contribution in [2.24, 2.45) is 0 Å². The quantitative estimate of drug-likeness (QED) is 0.596. The van der Waals surface area contributed by atoms with Crippen LogP contribution in [0.4, 0.5) is 0 Å². The fraction of sp³-hybridized carbons (Fsp3) is 0.800. The van der Waals surface area contributed by atoms with Crippen molar-refractivity contribution >= 4 is 5.91 Å². The lowest BCUT2D eigenvalue weighted by molar-refractivity contribution is -0.120. The van der Waals surface area contributed by atoms with E-state index in [9.17, 15) is 4.79 Å². The summed E-state index contributed by atoms with van der Waals surface area (Å²) >= 11 is 0. The summed E-state index contributed by atoms with van der Waals surface area (Å²) in [5.74, 6) is -0.207. The minimum Gasteiger partial charge on any atom is -0.381 e. The second kappa shape index (κ2) is 10.0. The van der Waals surface area contributed by atoms with Crippen LogP contribution >= 0.6 is 0 Å². The van der Waals surface area contributed by atoms with Gasteiger partial charge in [-0.1, -0.05) is 13.3 Å². The number of carbonyl (C=O) groups is 1. The monoisotopic (exact) mass is 198 g/mol. The third kappa shape index (κ3) is 9.01. The molecule has 0 aliphatic carbocycles. The zero-order valence-electron chi connectivity index (χ0n) is 8.71. The zero-order chi connectivity index (χ0) is 10.6. The number of nitrogens with one attached hydrogen (secondary N) is 1. The summed E-state index contributed by atoms with van der Waals surface area (Å²) in [4.78, 5) is 10.8. The average molecular weight is 198 g/mol. The van der Waals surface area contributed by atoms with Crippen LogP contribution in [0.15, 0.2) is 0 Å². The summed E-state index contributed by atoms with van der Waals surface area (Å²) in [6.07, 6.45) is 2.97. The van der Waals surface area contributed by atoms with E-state index < -0.39 is 0 Å². The van der Waals surface area contributed by atoms with Gasteiger partial charge in [0.2, 0.25) is 5.91 Å². The number of unbranched alkanes of at least 4 members (excludes halogenated alkanes) is 1. The summed E-state index contributed by atoms with van der Waals surface area (Å²) in [6, 6.07) is 1.79. The predicted molar refractivity (Wildman–Crippen MR) is 53.6 cm³/mol. The zero-order valence-corrected chi connectivity index (χ0v) is 8.71. The SMILES string of the molecule is CCCCOCCCNC(=O)CC#N. The van der Waals surface area contributed by atoms with Crippen LogP contribution in [-0.4, -0.2) is 25.7 Å². The molecule has 0 unspecified atom stereocenters. The Balaban J connectivity index is 3.06. The molecule has 4 nitrogen and oxygen atoms in total. The van der Waals surface area contributed by atoms with E-state index in [1.54, 1.807) is 6.07 Å². The van der Waals surface area contributed by atoms with Gasteiger partial charge in [-0.2, -0.15) is 5.26 Å². The highest BCUT2D eigenvalue weighted by atomic mass is 16.5. The first-order valence-corrected chi connectivity index (χ1v) is 5.02. The fourth-order valence-corrected chi connectivity index (χ4v) is 0.885. The van der Waals surface area contributed by atoms with E-state index in [4.69, 9.17) is 10.00 Å². The Bertz CT molecular complexity index is 187. The second-order valence-corrected chi connectivity index (χ2v) is 3.00. The minimum absolute atomic E-state index is 0.0588. The molecule has 0 saturated carbocycles. The Morgan fingerprint density at radius 2 is 2.14 bits per heavy atom. The molecule has 0 heterocycles. The van der Waals surface area contributed by atoms with Crippen LogP contribution in [0.2, 0.25) is 0 Å². The Kier molecular flexibility index (Phi) is 9.23. The van der Waals surface area contributed by atoms with Gasteiger partial charge in [0, 0.05) is 19.8 Å². The molecule has 4 heteroatoms. The van der Waals surface area contributed by atoms with Crippen LogP contribution < -0.4 is 5.32 Å². The van der Waals surface area contributed by atoms with E-state index in [-0.39, 0.29) is 12.3 Å². The van der Waals surface area contributed by atoms with Crippen LogP contribution in [0.5, 0.6) is 0 Å². The largest absolute Gasteiger partial charge is 0.381 e. The maximum Gasteiger partial charge on any atom is 0.234 e. The number of nitriles is 1. The van der Waals surface area contributed by atoms with Crippen LogP contribution in [0.3, 0.4) is 0 Å². The van der Waals surface area contributed by atoms with E-state index in [1.807, 2.05) is 0 Å². The molecule has 14 heavy (non-hydrogen) atoms. The van der Waals surface area contributed by atoms with Crippen molar-refractivity contribution < 1.29 is 9.53 Å². The van der Waals surface area contributed by atoms with Gasteiger partial charge in [-0.25, -0.2) is 0 Å².